The summed E-state index contributed by atoms with van der Waals surface area (Å²) >= 11 is 5.41. The van der Waals surface area contributed by atoms with E-state index in [0.29, 0.717) is 11.6 Å². The molecule has 0 unspecified atom stereocenters. The monoisotopic (exact) mass is 185 g/mol. The Bertz CT molecular complexity index is 297. The largest absolute Gasteiger partial charge is 0.251 e. The molecule has 12 heavy (non-hydrogen) atoms. The van der Waals surface area contributed by atoms with Gasteiger partial charge in [0.15, 0.2) is 0 Å². The number of aryl methyl sites for hydroxylation is 1. The highest BCUT2D eigenvalue weighted by Gasteiger charge is 1.98. The Hall–Kier alpha value is -0.890. The number of nitrogens with zero attached hydrogens (tertiary/aromatic N) is 1. The van der Waals surface area contributed by atoms with E-state index in [0.717, 1.165) is 5.69 Å². The molecule has 1 aromatic heterocycles. The quantitative estimate of drug-likeness (QED) is 0.646. The van der Waals surface area contributed by atoms with Crippen molar-refractivity contribution in [3.63, 3.8) is 0 Å². The zero-order valence-electron chi connectivity index (χ0n) is 6.72. The van der Waals surface area contributed by atoms with Gasteiger partial charge in [-0.15, -0.1) is 11.6 Å². The molecule has 0 saturated carbocycles. The van der Waals surface area contributed by atoms with Crippen LogP contribution < -0.4 is 0 Å². The first-order valence-corrected chi connectivity index (χ1v) is 4.13. The second kappa shape index (κ2) is 4.21. The second-order valence-corrected chi connectivity index (χ2v) is 2.68. The van der Waals surface area contributed by atoms with Crippen molar-refractivity contribution in [1.82, 2.24) is 4.98 Å². The molecule has 0 fully saturated rings. The van der Waals surface area contributed by atoms with Crippen LogP contribution in [0.15, 0.2) is 18.2 Å². The third kappa shape index (κ3) is 2.31. The van der Waals surface area contributed by atoms with E-state index in [1.165, 1.54) is 6.07 Å². The molecule has 0 aromatic carbocycles. The van der Waals surface area contributed by atoms with Gasteiger partial charge in [-0.2, -0.15) is 0 Å². The maximum atomic E-state index is 12.9. The number of allylic oxidation sites excluding steroid dienone is 1. The lowest BCUT2D eigenvalue weighted by atomic mass is 10.3. The number of rotatable bonds is 2. The van der Waals surface area contributed by atoms with Gasteiger partial charge < -0.3 is 0 Å². The summed E-state index contributed by atoms with van der Waals surface area (Å²) in [6.07, 6.45) is 3.24. The minimum Gasteiger partial charge on any atom is -0.251 e. The van der Waals surface area contributed by atoms with Gasteiger partial charge in [-0.05, 0) is 25.1 Å². The predicted molar refractivity (Wildman–Crippen MR) is 48.7 cm³/mol. The SMILES string of the molecule is Cc1ccc(F)c(C=CCCl)n1. The van der Waals surface area contributed by atoms with Gasteiger partial charge in [-0.25, -0.2) is 4.39 Å². The lowest BCUT2D eigenvalue weighted by molar-refractivity contribution is 0.616. The Morgan fingerprint density at radius 3 is 3.00 bits per heavy atom. The summed E-state index contributed by atoms with van der Waals surface area (Å²) in [6, 6.07) is 3.03. The Morgan fingerprint density at radius 1 is 1.58 bits per heavy atom. The van der Waals surface area contributed by atoms with Gasteiger partial charge in [0.2, 0.25) is 0 Å². The third-order valence-electron chi connectivity index (χ3n) is 1.38. The Labute approximate surface area is 75.9 Å². The van der Waals surface area contributed by atoms with Crippen LogP contribution in [0.2, 0.25) is 0 Å². The van der Waals surface area contributed by atoms with E-state index in [-0.39, 0.29) is 5.82 Å². The molecule has 0 aliphatic carbocycles. The van der Waals surface area contributed by atoms with Crippen molar-refractivity contribution in [2.75, 3.05) is 5.88 Å². The van der Waals surface area contributed by atoms with Crippen molar-refractivity contribution in [2.45, 2.75) is 6.92 Å². The third-order valence-corrected chi connectivity index (χ3v) is 1.56. The van der Waals surface area contributed by atoms with Crippen molar-refractivity contribution >= 4 is 17.7 Å². The van der Waals surface area contributed by atoms with Crippen molar-refractivity contribution < 1.29 is 4.39 Å². The minimum absolute atomic E-state index is 0.318. The molecule has 0 atom stereocenters. The topological polar surface area (TPSA) is 12.9 Å². The van der Waals surface area contributed by atoms with Crippen LogP contribution in [0.25, 0.3) is 6.08 Å². The number of aromatic nitrogens is 1. The zero-order chi connectivity index (χ0) is 8.97. The number of alkyl halides is 1. The predicted octanol–water partition coefficient (Wildman–Crippen LogP) is 2.78. The first-order chi connectivity index (χ1) is 5.74. The van der Waals surface area contributed by atoms with E-state index >= 15 is 0 Å². The molecule has 0 aliphatic heterocycles. The summed E-state index contributed by atoms with van der Waals surface area (Å²) in [7, 11) is 0. The molecule has 1 heterocycles. The van der Waals surface area contributed by atoms with Crippen LogP contribution in [0.3, 0.4) is 0 Å². The van der Waals surface area contributed by atoms with Crippen molar-refractivity contribution in [2.24, 2.45) is 0 Å². The number of pyridine rings is 1. The highest BCUT2D eigenvalue weighted by Crippen LogP contribution is 2.07. The zero-order valence-corrected chi connectivity index (χ0v) is 7.48. The van der Waals surface area contributed by atoms with Crippen LogP contribution in [0.1, 0.15) is 11.4 Å². The average Bonchev–Trinajstić information content (AvgIpc) is 2.07. The first kappa shape index (κ1) is 9.20. The van der Waals surface area contributed by atoms with Gasteiger partial charge in [0.25, 0.3) is 0 Å². The van der Waals surface area contributed by atoms with Gasteiger partial charge in [0.1, 0.15) is 5.82 Å². The average molecular weight is 186 g/mol. The molecule has 0 amide bonds. The number of halogens is 2. The van der Waals surface area contributed by atoms with Crippen LogP contribution in [0, 0.1) is 12.7 Å². The van der Waals surface area contributed by atoms with E-state index in [2.05, 4.69) is 4.98 Å². The van der Waals surface area contributed by atoms with Crippen LogP contribution in [-0.2, 0) is 0 Å². The fraction of sp³-hybridized carbons (Fsp3) is 0.222. The first-order valence-electron chi connectivity index (χ1n) is 3.59. The normalized spacial score (nSPS) is 10.9. The lowest BCUT2D eigenvalue weighted by Crippen LogP contribution is -1.89. The molecule has 1 aromatic rings. The van der Waals surface area contributed by atoms with Crippen LogP contribution >= 0.6 is 11.6 Å². The summed E-state index contributed by atoms with van der Waals surface area (Å²) in [6.45, 7) is 1.82. The molecule has 0 saturated heterocycles. The van der Waals surface area contributed by atoms with E-state index in [1.54, 1.807) is 18.2 Å². The second-order valence-electron chi connectivity index (χ2n) is 2.38. The molecule has 0 N–H and O–H groups in total. The maximum Gasteiger partial charge on any atom is 0.148 e. The summed E-state index contributed by atoms with van der Waals surface area (Å²) in [5, 5.41) is 0. The molecule has 64 valence electrons. The summed E-state index contributed by atoms with van der Waals surface area (Å²) in [5.41, 5.74) is 1.14. The maximum absolute atomic E-state index is 12.9. The fourth-order valence-corrected chi connectivity index (χ4v) is 0.922. The molecular formula is C9H9ClFN. The molecule has 0 bridgehead atoms. The molecule has 0 spiro atoms. The Kier molecular flexibility index (Phi) is 3.23. The fourth-order valence-electron chi connectivity index (χ4n) is 0.833. The van der Waals surface area contributed by atoms with Crippen molar-refractivity contribution in [1.29, 1.82) is 0 Å². The van der Waals surface area contributed by atoms with Gasteiger partial charge in [-0.3, -0.25) is 4.98 Å². The van der Waals surface area contributed by atoms with Crippen LogP contribution in [-0.4, -0.2) is 10.9 Å². The van der Waals surface area contributed by atoms with Gasteiger partial charge in [0.05, 0.1) is 5.69 Å². The minimum atomic E-state index is -0.318. The molecular weight excluding hydrogens is 177 g/mol. The van der Waals surface area contributed by atoms with E-state index in [4.69, 9.17) is 11.6 Å². The van der Waals surface area contributed by atoms with E-state index < -0.39 is 0 Å². The van der Waals surface area contributed by atoms with Crippen molar-refractivity contribution in [3.8, 4) is 0 Å². The highest BCUT2D eigenvalue weighted by molar-refractivity contribution is 6.19. The molecule has 1 nitrogen and oxygen atoms in total. The van der Waals surface area contributed by atoms with Gasteiger partial charge >= 0.3 is 0 Å². The van der Waals surface area contributed by atoms with Crippen LogP contribution in [0.4, 0.5) is 4.39 Å². The highest BCUT2D eigenvalue weighted by atomic mass is 35.5. The van der Waals surface area contributed by atoms with Gasteiger partial charge in [-0.1, -0.05) is 6.08 Å². The number of hydrogen-bond donors (Lipinski definition) is 0. The Balaban J connectivity index is 2.97. The van der Waals surface area contributed by atoms with E-state index in [1.807, 2.05) is 6.92 Å². The van der Waals surface area contributed by atoms with Gasteiger partial charge in [0, 0.05) is 11.6 Å². The smallest absolute Gasteiger partial charge is 0.148 e. The van der Waals surface area contributed by atoms with Crippen LogP contribution in [0.5, 0.6) is 0 Å². The lowest BCUT2D eigenvalue weighted by Gasteiger charge is -1.96. The Morgan fingerprint density at radius 2 is 2.33 bits per heavy atom. The molecule has 3 heteroatoms. The summed E-state index contributed by atoms with van der Waals surface area (Å²) < 4.78 is 12.9. The molecule has 0 radical (unpaired) electrons. The molecule has 1 rings (SSSR count). The number of hydrogen-bond acceptors (Lipinski definition) is 1. The summed E-state index contributed by atoms with van der Waals surface area (Å²) in [5.74, 6) is 0.0525. The van der Waals surface area contributed by atoms with Crippen molar-refractivity contribution in [3.05, 3.63) is 35.4 Å². The molecule has 0 aliphatic rings. The van der Waals surface area contributed by atoms with E-state index in [9.17, 15) is 4.39 Å². The standard InChI is InChI=1S/C9H9ClFN/c1-7-4-5-8(11)9(12-7)3-2-6-10/h2-5H,6H2,1H3. The summed E-state index contributed by atoms with van der Waals surface area (Å²) in [4.78, 5) is 3.99.